The smallest absolute Gasteiger partial charge is 0.0189 e. The van der Waals surface area contributed by atoms with Crippen molar-refractivity contribution in [2.75, 3.05) is 0 Å². The molecule has 0 radical (unpaired) electrons. The van der Waals surface area contributed by atoms with Gasteiger partial charge in [-0.2, -0.15) is 0 Å². The molecule has 0 heterocycles. The summed E-state index contributed by atoms with van der Waals surface area (Å²) in [6.07, 6.45) is 15.4. The largest absolute Gasteiger partial charge is 0.0795 e. The van der Waals surface area contributed by atoms with Crippen molar-refractivity contribution in [1.82, 2.24) is 0 Å². The second-order valence-corrected chi connectivity index (χ2v) is 15.6. The highest BCUT2D eigenvalue weighted by molar-refractivity contribution is 6.03. The molecular formula is C53H42. The van der Waals surface area contributed by atoms with Gasteiger partial charge in [0, 0.05) is 5.41 Å². The molecule has 0 aliphatic heterocycles. The standard InChI is InChI=1S/C53H42/c1-52(43-23-6-3-7-24-43,49-28-14-21-39-18-9-11-26-45(39)49)36-53-32-31-41-22-12-19-40-29-30-42(34-48(40)51(41)50(53)35-53)47(33-37-15-4-2-5-16-37)46-27-13-20-38-17-8-10-25-44(38)46/h2-21,23-34,50H,22,35-36H2,1H3. The third-order valence-electron chi connectivity index (χ3n) is 12.4. The Morgan fingerprint density at radius 1 is 0.679 bits per heavy atom. The zero-order valence-electron chi connectivity index (χ0n) is 30.2. The van der Waals surface area contributed by atoms with Crippen LogP contribution in [0.3, 0.4) is 0 Å². The van der Waals surface area contributed by atoms with E-state index in [0.29, 0.717) is 5.92 Å². The lowest BCUT2D eigenvalue weighted by Gasteiger charge is -2.37. The van der Waals surface area contributed by atoms with Gasteiger partial charge in [0.05, 0.1) is 0 Å². The van der Waals surface area contributed by atoms with Gasteiger partial charge in [-0.15, -0.1) is 0 Å². The second-order valence-electron chi connectivity index (χ2n) is 15.6. The van der Waals surface area contributed by atoms with Crippen LogP contribution in [0.25, 0.3) is 44.8 Å². The molecule has 0 spiro atoms. The van der Waals surface area contributed by atoms with Gasteiger partial charge in [0.15, 0.2) is 0 Å². The summed E-state index contributed by atoms with van der Waals surface area (Å²) in [6, 6.07) is 60.6. The van der Waals surface area contributed by atoms with Crippen LogP contribution in [0.4, 0.5) is 0 Å². The van der Waals surface area contributed by atoms with Crippen molar-refractivity contribution < 1.29 is 0 Å². The molecule has 0 amide bonds. The molecule has 3 atom stereocenters. The molecule has 53 heavy (non-hydrogen) atoms. The highest BCUT2D eigenvalue weighted by Gasteiger charge is 2.59. The zero-order chi connectivity index (χ0) is 35.4. The number of fused-ring (bicyclic) bond motifs is 6. The van der Waals surface area contributed by atoms with E-state index >= 15 is 0 Å². The Morgan fingerprint density at radius 2 is 1.36 bits per heavy atom. The van der Waals surface area contributed by atoms with Gasteiger partial charge < -0.3 is 0 Å². The molecule has 1 saturated carbocycles. The molecule has 0 N–H and O–H groups in total. The van der Waals surface area contributed by atoms with Gasteiger partial charge in [-0.3, -0.25) is 0 Å². The first-order valence-corrected chi connectivity index (χ1v) is 19.1. The Morgan fingerprint density at radius 3 is 2.17 bits per heavy atom. The van der Waals surface area contributed by atoms with Crippen LogP contribution < -0.4 is 0 Å². The van der Waals surface area contributed by atoms with Crippen LogP contribution in [-0.4, -0.2) is 0 Å². The molecule has 0 nitrogen and oxygen atoms in total. The lowest BCUT2D eigenvalue weighted by atomic mass is 9.66. The molecule has 0 saturated heterocycles. The van der Waals surface area contributed by atoms with E-state index in [1.807, 2.05) is 0 Å². The predicted octanol–water partition coefficient (Wildman–Crippen LogP) is 13.7. The van der Waals surface area contributed by atoms with E-state index in [-0.39, 0.29) is 10.8 Å². The Hall–Kier alpha value is -5.98. The van der Waals surface area contributed by atoms with Crippen LogP contribution >= 0.6 is 0 Å². The number of allylic oxidation sites excluding steroid dienone is 5. The number of rotatable bonds is 7. The average Bonchev–Trinajstić information content (AvgIpc) is 3.97. The fourth-order valence-corrected chi connectivity index (χ4v) is 9.70. The van der Waals surface area contributed by atoms with Crippen LogP contribution in [0.15, 0.2) is 188 Å². The van der Waals surface area contributed by atoms with E-state index in [4.69, 9.17) is 0 Å². The van der Waals surface area contributed by atoms with Gasteiger partial charge in [-0.25, -0.2) is 0 Å². The summed E-state index contributed by atoms with van der Waals surface area (Å²) < 4.78 is 0. The lowest BCUT2D eigenvalue weighted by Crippen LogP contribution is -2.29. The first kappa shape index (κ1) is 31.7. The minimum absolute atomic E-state index is 0.0936. The van der Waals surface area contributed by atoms with Crippen LogP contribution in [-0.2, 0) is 5.41 Å². The van der Waals surface area contributed by atoms with Crippen molar-refractivity contribution in [2.45, 2.75) is 31.6 Å². The molecule has 3 unspecified atom stereocenters. The Balaban J connectivity index is 1.09. The Bertz CT molecular complexity index is 2640. The monoisotopic (exact) mass is 678 g/mol. The average molecular weight is 679 g/mol. The molecule has 3 aliphatic carbocycles. The van der Waals surface area contributed by atoms with Gasteiger partial charge in [0.25, 0.3) is 0 Å². The predicted molar refractivity (Wildman–Crippen MR) is 226 cm³/mol. The molecule has 0 aromatic heterocycles. The summed E-state index contributed by atoms with van der Waals surface area (Å²) in [4.78, 5) is 0. The highest BCUT2D eigenvalue weighted by atomic mass is 14.6. The third kappa shape index (κ3) is 5.44. The summed E-state index contributed by atoms with van der Waals surface area (Å²) in [5, 5.41) is 5.21. The van der Waals surface area contributed by atoms with Crippen molar-refractivity contribution in [3.63, 3.8) is 0 Å². The van der Waals surface area contributed by atoms with Crippen molar-refractivity contribution in [2.24, 2.45) is 11.3 Å². The van der Waals surface area contributed by atoms with Gasteiger partial charge in [-0.05, 0) is 120 Å². The highest BCUT2D eigenvalue weighted by Crippen LogP contribution is 2.68. The van der Waals surface area contributed by atoms with Crippen LogP contribution in [0.1, 0.15) is 65.1 Å². The number of hydrogen-bond acceptors (Lipinski definition) is 0. The van der Waals surface area contributed by atoms with Gasteiger partial charge >= 0.3 is 0 Å². The minimum Gasteiger partial charge on any atom is -0.0795 e. The normalized spacial score (nSPS) is 20.0. The number of hydrogen-bond donors (Lipinski definition) is 0. The molecule has 7 aromatic carbocycles. The van der Waals surface area contributed by atoms with Crippen LogP contribution in [0.5, 0.6) is 0 Å². The first-order chi connectivity index (χ1) is 26.1. The minimum atomic E-state index is -0.160. The van der Waals surface area contributed by atoms with E-state index < -0.39 is 0 Å². The van der Waals surface area contributed by atoms with Gasteiger partial charge in [-0.1, -0.05) is 189 Å². The topological polar surface area (TPSA) is 0 Å². The number of benzene rings is 7. The summed E-state index contributed by atoms with van der Waals surface area (Å²) >= 11 is 0. The Labute approximate surface area is 313 Å². The summed E-state index contributed by atoms with van der Waals surface area (Å²) in [7, 11) is 0. The van der Waals surface area contributed by atoms with Crippen molar-refractivity contribution in [3.8, 4) is 0 Å². The fraction of sp³-hybridized carbons (Fsp3) is 0.132. The third-order valence-corrected chi connectivity index (χ3v) is 12.4. The van der Waals surface area contributed by atoms with E-state index in [0.717, 1.165) is 12.8 Å². The maximum absolute atomic E-state index is 2.60. The second kappa shape index (κ2) is 12.6. The molecule has 10 rings (SSSR count). The van der Waals surface area contributed by atoms with Crippen LogP contribution in [0.2, 0.25) is 0 Å². The summed E-state index contributed by atoms with van der Waals surface area (Å²) in [5.74, 6) is 0.480. The van der Waals surface area contributed by atoms with E-state index in [1.54, 1.807) is 5.57 Å². The van der Waals surface area contributed by atoms with E-state index in [2.05, 4.69) is 201 Å². The zero-order valence-corrected chi connectivity index (χ0v) is 30.2. The first-order valence-electron chi connectivity index (χ1n) is 19.1. The molecule has 7 aromatic rings. The van der Waals surface area contributed by atoms with Crippen LogP contribution in [0, 0.1) is 11.3 Å². The van der Waals surface area contributed by atoms with Crippen molar-refractivity contribution in [1.29, 1.82) is 0 Å². The summed E-state index contributed by atoms with van der Waals surface area (Å²) in [5.41, 5.74) is 13.5. The SMILES string of the molecule is CC(CC12C=CC3=C(c4cc(C(=Cc5ccccc5)c5cccc6ccccc56)ccc4C=CC3)C1C2)(c1ccccc1)c1cccc2ccccc12. The molecule has 0 heteroatoms. The van der Waals surface area contributed by atoms with Gasteiger partial charge in [0.2, 0.25) is 0 Å². The lowest BCUT2D eigenvalue weighted by molar-refractivity contribution is 0.409. The molecular weight excluding hydrogens is 637 g/mol. The van der Waals surface area contributed by atoms with Crippen molar-refractivity contribution >= 4 is 44.8 Å². The maximum atomic E-state index is 2.60. The Kier molecular flexibility index (Phi) is 7.55. The summed E-state index contributed by atoms with van der Waals surface area (Å²) in [6.45, 7) is 2.50. The molecule has 1 fully saturated rings. The van der Waals surface area contributed by atoms with Gasteiger partial charge in [0.1, 0.15) is 0 Å². The van der Waals surface area contributed by atoms with E-state index in [1.165, 1.54) is 78.1 Å². The van der Waals surface area contributed by atoms with E-state index in [9.17, 15) is 0 Å². The molecule has 254 valence electrons. The fourth-order valence-electron chi connectivity index (χ4n) is 9.70. The molecule has 0 bridgehead atoms. The quantitative estimate of drug-likeness (QED) is 0.147. The maximum Gasteiger partial charge on any atom is 0.0189 e. The molecule has 3 aliphatic rings. The van der Waals surface area contributed by atoms with Crippen molar-refractivity contribution in [3.05, 3.63) is 227 Å².